The third-order valence-corrected chi connectivity index (χ3v) is 7.67. The molecule has 0 radical (unpaired) electrons. The highest BCUT2D eigenvalue weighted by Gasteiger charge is 2.40. The Morgan fingerprint density at radius 2 is 1.51 bits per heavy atom. The van der Waals surface area contributed by atoms with Crippen LogP contribution < -0.4 is 20.8 Å². The van der Waals surface area contributed by atoms with Gasteiger partial charge in [0.1, 0.15) is 12.1 Å². The van der Waals surface area contributed by atoms with Gasteiger partial charge in [0, 0.05) is 12.5 Å². The van der Waals surface area contributed by atoms with Crippen molar-refractivity contribution in [3.8, 4) is 0 Å². The minimum atomic E-state index is -4.28. The van der Waals surface area contributed by atoms with Gasteiger partial charge in [0.2, 0.25) is 21.8 Å². The highest BCUT2D eigenvalue weighted by atomic mass is 32.2. The Morgan fingerprint density at radius 3 is 2.12 bits per heavy atom. The summed E-state index contributed by atoms with van der Waals surface area (Å²) in [7, 11) is -2.84. The van der Waals surface area contributed by atoms with Gasteiger partial charge in [-0.25, -0.2) is 13.9 Å². The first-order valence-corrected chi connectivity index (χ1v) is 14.6. The smallest absolute Gasteiger partial charge is 0.262 e. The predicted octanol–water partition coefficient (Wildman–Crippen LogP) is 2.74. The minimum absolute atomic E-state index is 0.0791. The number of sulfonamides is 1. The lowest BCUT2D eigenvalue weighted by Gasteiger charge is -2.33. The van der Waals surface area contributed by atoms with E-state index < -0.39 is 51.2 Å². The number of rotatable bonds is 11. The molecule has 10 nitrogen and oxygen atoms in total. The number of hydroxylamine groups is 1. The second-order valence-electron chi connectivity index (χ2n) is 10.7. The van der Waals surface area contributed by atoms with Crippen LogP contribution in [0.1, 0.15) is 31.9 Å². The van der Waals surface area contributed by atoms with Crippen LogP contribution in [0.25, 0.3) is 16.8 Å². The fourth-order valence-electron chi connectivity index (χ4n) is 4.39. The number of amides is 3. The van der Waals surface area contributed by atoms with E-state index >= 15 is 0 Å². The summed E-state index contributed by atoms with van der Waals surface area (Å²) in [6, 6.07) is 19.0. The molecule has 0 saturated heterocycles. The summed E-state index contributed by atoms with van der Waals surface area (Å²) in [4.78, 5) is 39.4. The molecule has 0 aliphatic rings. The monoisotopic (exact) mass is 580 g/mol. The average Bonchev–Trinajstić information content (AvgIpc) is 2.95. The maximum Gasteiger partial charge on any atom is 0.262 e. The van der Waals surface area contributed by atoms with Crippen molar-refractivity contribution in [2.24, 2.45) is 11.3 Å². The number of hydrogen-bond donors (Lipinski definition) is 5. The van der Waals surface area contributed by atoms with E-state index in [1.165, 1.54) is 18.6 Å². The van der Waals surface area contributed by atoms with Crippen LogP contribution in [0.5, 0.6) is 0 Å². The molecule has 0 bridgehead atoms. The van der Waals surface area contributed by atoms with Crippen molar-refractivity contribution >= 4 is 44.6 Å². The Hall–Kier alpha value is -4.06. The lowest BCUT2D eigenvalue weighted by Crippen LogP contribution is -2.59. The molecule has 0 aliphatic heterocycles. The van der Waals surface area contributed by atoms with E-state index in [1.54, 1.807) is 57.2 Å². The summed E-state index contributed by atoms with van der Waals surface area (Å²) in [5.74, 6) is -3.68. The molecule has 0 fully saturated rings. The molecule has 0 spiro atoms. The van der Waals surface area contributed by atoms with Gasteiger partial charge in [-0.2, -0.15) is 4.72 Å². The van der Waals surface area contributed by atoms with Crippen LogP contribution in [0.2, 0.25) is 0 Å². The molecule has 218 valence electrons. The average molecular weight is 581 g/mol. The molecule has 3 amide bonds. The third kappa shape index (κ3) is 8.71. The van der Waals surface area contributed by atoms with Gasteiger partial charge in [-0.3, -0.25) is 19.6 Å². The second-order valence-corrected chi connectivity index (χ2v) is 12.3. The second kappa shape index (κ2) is 13.5. The summed E-state index contributed by atoms with van der Waals surface area (Å²) in [6.07, 6.45) is 1.26. The molecule has 0 unspecified atom stereocenters. The number of benzene rings is 3. The standard InChI is InChI=1S/C30H36N4O6S/c1-30(2,3)26(29(37)31-4)32-27(35)24(19-21-14-15-22-12-8-9-13-23(22)18-21)25(28(36)33-38)34-41(39,40)17-16-20-10-6-5-7-11-20/h5-18,24-26,34,38H,19H2,1-4H3,(H,31,37)(H,32,35)(H,33,36)/t24-,25+,26-/m1/s1. The zero-order valence-electron chi connectivity index (χ0n) is 23.4. The topological polar surface area (TPSA) is 154 Å². The molecule has 3 atom stereocenters. The first kappa shape index (κ1) is 31.5. The van der Waals surface area contributed by atoms with Crippen molar-refractivity contribution in [1.29, 1.82) is 0 Å². The van der Waals surface area contributed by atoms with Gasteiger partial charge in [-0.05, 0) is 39.8 Å². The molecule has 0 aliphatic carbocycles. The molecular formula is C30H36N4O6S. The maximum atomic E-state index is 13.8. The Morgan fingerprint density at radius 1 is 0.878 bits per heavy atom. The minimum Gasteiger partial charge on any atom is -0.357 e. The van der Waals surface area contributed by atoms with Crippen molar-refractivity contribution in [3.63, 3.8) is 0 Å². The summed E-state index contributed by atoms with van der Waals surface area (Å²) in [5.41, 5.74) is 2.01. The normalized spacial score (nSPS) is 14.3. The van der Waals surface area contributed by atoms with Crippen molar-refractivity contribution in [2.45, 2.75) is 39.3 Å². The maximum absolute atomic E-state index is 13.8. The van der Waals surface area contributed by atoms with Crippen LogP contribution in [0.15, 0.2) is 78.2 Å². The van der Waals surface area contributed by atoms with Crippen LogP contribution in [-0.2, 0) is 30.8 Å². The third-order valence-electron chi connectivity index (χ3n) is 6.59. The van der Waals surface area contributed by atoms with Gasteiger partial charge >= 0.3 is 0 Å². The van der Waals surface area contributed by atoms with Gasteiger partial charge in [-0.15, -0.1) is 0 Å². The van der Waals surface area contributed by atoms with E-state index in [2.05, 4.69) is 15.4 Å². The van der Waals surface area contributed by atoms with Crippen molar-refractivity contribution in [1.82, 2.24) is 20.8 Å². The van der Waals surface area contributed by atoms with Gasteiger partial charge in [0.05, 0.1) is 5.92 Å². The summed E-state index contributed by atoms with van der Waals surface area (Å²) < 4.78 is 28.4. The molecular weight excluding hydrogens is 544 g/mol. The van der Waals surface area contributed by atoms with Gasteiger partial charge in [-0.1, -0.05) is 93.6 Å². The predicted molar refractivity (Wildman–Crippen MR) is 158 cm³/mol. The van der Waals surface area contributed by atoms with E-state index in [0.717, 1.165) is 16.2 Å². The fourth-order valence-corrected chi connectivity index (χ4v) is 5.43. The SMILES string of the molecule is CNC(=O)[C@@H](NC(=O)[C@H](Cc1ccc2ccccc2c1)[C@H](NS(=O)(=O)C=Cc1ccccc1)C(=O)NO)C(C)(C)C. The molecule has 0 saturated carbocycles. The van der Waals surface area contributed by atoms with Gasteiger partial charge < -0.3 is 10.6 Å². The van der Waals surface area contributed by atoms with E-state index in [1.807, 2.05) is 36.4 Å². The number of nitrogens with one attached hydrogen (secondary N) is 4. The lowest BCUT2D eigenvalue weighted by molar-refractivity contribution is -0.138. The molecule has 3 aromatic carbocycles. The molecule has 11 heteroatoms. The Kier molecular flexibility index (Phi) is 10.4. The summed E-state index contributed by atoms with van der Waals surface area (Å²) in [5, 5.41) is 17.5. The van der Waals surface area contributed by atoms with Crippen LogP contribution in [-0.4, -0.2) is 50.5 Å². The van der Waals surface area contributed by atoms with E-state index in [0.29, 0.717) is 11.1 Å². The molecule has 3 rings (SSSR count). The van der Waals surface area contributed by atoms with Crippen LogP contribution in [0, 0.1) is 11.3 Å². The van der Waals surface area contributed by atoms with Gasteiger partial charge in [0.25, 0.3) is 5.91 Å². The van der Waals surface area contributed by atoms with Crippen LogP contribution >= 0.6 is 0 Å². The number of fused-ring (bicyclic) bond motifs is 1. The van der Waals surface area contributed by atoms with Crippen molar-refractivity contribution < 1.29 is 28.0 Å². The lowest BCUT2D eigenvalue weighted by atomic mass is 9.84. The number of carbonyl (C=O) groups excluding carboxylic acids is 3. The largest absolute Gasteiger partial charge is 0.357 e. The molecule has 0 aromatic heterocycles. The van der Waals surface area contributed by atoms with Gasteiger partial charge in [0.15, 0.2) is 0 Å². The number of likely N-dealkylation sites (N-methyl/N-ethyl adjacent to an activating group) is 1. The highest BCUT2D eigenvalue weighted by molar-refractivity contribution is 7.92. The van der Waals surface area contributed by atoms with Crippen molar-refractivity contribution in [2.75, 3.05) is 7.05 Å². The van der Waals surface area contributed by atoms with Crippen LogP contribution in [0.4, 0.5) is 0 Å². The molecule has 41 heavy (non-hydrogen) atoms. The van der Waals surface area contributed by atoms with E-state index in [4.69, 9.17) is 0 Å². The number of carbonyl (C=O) groups is 3. The quantitative estimate of drug-likeness (QED) is 0.174. The Bertz CT molecular complexity index is 1520. The zero-order valence-corrected chi connectivity index (χ0v) is 24.2. The zero-order chi connectivity index (χ0) is 30.2. The molecule has 5 N–H and O–H groups in total. The molecule has 3 aromatic rings. The van der Waals surface area contributed by atoms with E-state index in [-0.39, 0.29) is 6.42 Å². The fraction of sp³-hybridized carbons (Fsp3) is 0.300. The Labute approximate surface area is 240 Å². The highest BCUT2D eigenvalue weighted by Crippen LogP contribution is 2.23. The Balaban J connectivity index is 2.03. The molecule has 0 heterocycles. The first-order chi connectivity index (χ1) is 19.3. The first-order valence-electron chi connectivity index (χ1n) is 13.0. The van der Waals surface area contributed by atoms with Crippen LogP contribution in [0.3, 0.4) is 0 Å². The summed E-state index contributed by atoms with van der Waals surface area (Å²) >= 11 is 0. The van der Waals surface area contributed by atoms with E-state index in [9.17, 15) is 28.0 Å². The number of hydrogen-bond acceptors (Lipinski definition) is 6. The summed E-state index contributed by atoms with van der Waals surface area (Å²) in [6.45, 7) is 5.29. The van der Waals surface area contributed by atoms with Crippen molar-refractivity contribution in [3.05, 3.63) is 89.3 Å².